The third-order valence-corrected chi connectivity index (χ3v) is 7.76. The highest BCUT2D eigenvalue weighted by Gasteiger charge is 2.37. The van der Waals surface area contributed by atoms with Crippen LogP contribution in [0.2, 0.25) is 0 Å². The smallest absolute Gasteiger partial charge is 0.410 e. The van der Waals surface area contributed by atoms with Crippen LogP contribution in [0, 0.1) is 6.92 Å². The lowest BCUT2D eigenvalue weighted by Gasteiger charge is -2.39. The number of anilines is 3. The van der Waals surface area contributed by atoms with Gasteiger partial charge in [0.05, 0.1) is 28.9 Å². The molecular formula is C32H34N8O4. The number of hydrogen-bond donors (Lipinski definition) is 1. The fourth-order valence-corrected chi connectivity index (χ4v) is 5.60. The molecule has 5 aromatic rings. The second kappa shape index (κ2) is 10.5. The summed E-state index contributed by atoms with van der Waals surface area (Å²) in [5, 5.41) is 3.42. The van der Waals surface area contributed by atoms with Crippen LogP contribution in [0.1, 0.15) is 26.3 Å². The average Bonchev–Trinajstić information content (AvgIpc) is 3.29. The van der Waals surface area contributed by atoms with Crippen molar-refractivity contribution in [2.45, 2.75) is 39.3 Å². The minimum absolute atomic E-state index is 0.158. The zero-order valence-electron chi connectivity index (χ0n) is 25.4. The molecule has 2 aromatic carbocycles. The van der Waals surface area contributed by atoms with Crippen molar-refractivity contribution in [3.63, 3.8) is 0 Å². The number of ether oxygens (including phenoxy) is 3. The number of carbonyl (C=O) groups excluding carboxylic acids is 1. The van der Waals surface area contributed by atoms with Crippen LogP contribution in [0.3, 0.4) is 0 Å². The summed E-state index contributed by atoms with van der Waals surface area (Å²) in [7, 11) is 1.97. The van der Waals surface area contributed by atoms with Crippen molar-refractivity contribution < 1.29 is 19.0 Å². The minimum Gasteiger partial charge on any atom is -0.487 e. The highest BCUT2D eigenvalue weighted by molar-refractivity contribution is 5.90. The zero-order valence-corrected chi connectivity index (χ0v) is 25.4. The summed E-state index contributed by atoms with van der Waals surface area (Å²) >= 11 is 0. The number of hydrogen-bond acceptors (Lipinski definition) is 10. The second-order valence-corrected chi connectivity index (χ2v) is 12.2. The number of aryl methyl sites for hydroxylation is 2. The molecule has 1 saturated heterocycles. The van der Waals surface area contributed by atoms with Gasteiger partial charge in [-0.15, -0.1) is 0 Å². The maximum atomic E-state index is 12.9. The largest absolute Gasteiger partial charge is 0.487 e. The van der Waals surface area contributed by atoms with E-state index in [1.165, 1.54) is 6.33 Å². The molecule has 12 heteroatoms. The molecule has 0 unspecified atom stereocenters. The molecule has 0 aliphatic carbocycles. The van der Waals surface area contributed by atoms with Crippen LogP contribution in [0.5, 0.6) is 17.2 Å². The Bertz CT molecular complexity index is 1900. The number of fused-ring (bicyclic) bond motifs is 6. The lowest BCUT2D eigenvalue weighted by molar-refractivity contribution is 0.00974. The zero-order chi connectivity index (χ0) is 30.6. The van der Waals surface area contributed by atoms with Gasteiger partial charge in [0.25, 0.3) is 0 Å². The van der Waals surface area contributed by atoms with Crippen molar-refractivity contribution in [2.75, 3.05) is 36.5 Å². The first-order chi connectivity index (χ1) is 21.1. The Labute approximate surface area is 254 Å². The number of aromatic nitrogens is 5. The van der Waals surface area contributed by atoms with Gasteiger partial charge >= 0.3 is 6.09 Å². The molecule has 1 N–H and O–H groups in total. The lowest BCUT2D eigenvalue weighted by atomic mass is 10.2. The van der Waals surface area contributed by atoms with Crippen molar-refractivity contribution in [1.29, 1.82) is 0 Å². The van der Waals surface area contributed by atoms with Crippen molar-refractivity contribution in [3.8, 4) is 17.2 Å². The second-order valence-electron chi connectivity index (χ2n) is 12.2. The third-order valence-electron chi connectivity index (χ3n) is 7.76. The highest BCUT2D eigenvalue weighted by atomic mass is 16.6. The van der Waals surface area contributed by atoms with Crippen LogP contribution in [-0.2, 0) is 11.8 Å². The van der Waals surface area contributed by atoms with E-state index in [9.17, 15) is 4.79 Å². The Balaban J connectivity index is 1.11. The van der Waals surface area contributed by atoms with E-state index in [0.717, 1.165) is 33.8 Å². The summed E-state index contributed by atoms with van der Waals surface area (Å²) in [5.74, 6) is 3.41. The van der Waals surface area contributed by atoms with Gasteiger partial charge < -0.3 is 29.0 Å². The topological polar surface area (TPSA) is 120 Å². The number of rotatable bonds is 4. The molecule has 226 valence electrons. The first-order valence-electron chi connectivity index (χ1n) is 14.6. The molecule has 5 heterocycles. The molecule has 2 aliphatic rings. The number of pyridine rings is 1. The number of imidazole rings is 1. The third kappa shape index (κ3) is 5.27. The van der Waals surface area contributed by atoms with Gasteiger partial charge in [0.15, 0.2) is 17.4 Å². The fraction of sp³-hybridized carbons (Fsp3) is 0.344. The first-order valence-corrected chi connectivity index (χ1v) is 14.6. The molecule has 2 aliphatic heterocycles. The van der Waals surface area contributed by atoms with Gasteiger partial charge in [0, 0.05) is 44.5 Å². The number of nitrogens with one attached hydrogen (secondary N) is 1. The van der Waals surface area contributed by atoms with Crippen molar-refractivity contribution in [1.82, 2.24) is 29.4 Å². The molecule has 7 rings (SSSR count). The molecule has 3 aromatic heterocycles. The molecule has 12 nitrogen and oxygen atoms in total. The molecule has 0 radical (unpaired) electrons. The number of amides is 1. The van der Waals surface area contributed by atoms with Gasteiger partial charge in [-0.1, -0.05) is 0 Å². The van der Waals surface area contributed by atoms with Crippen molar-refractivity contribution >= 4 is 45.5 Å². The van der Waals surface area contributed by atoms with E-state index in [-0.39, 0.29) is 12.1 Å². The molecule has 0 saturated carbocycles. The molecule has 2 bridgehead atoms. The molecule has 1 fully saturated rings. The van der Waals surface area contributed by atoms with Crippen LogP contribution >= 0.6 is 0 Å². The molecular weight excluding hydrogens is 560 g/mol. The Morgan fingerprint density at radius 3 is 2.73 bits per heavy atom. The van der Waals surface area contributed by atoms with E-state index in [0.29, 0.717) is 54.7 Å². The maximum Gasteiger partial charge on any atom is 0.410 e. The Kier molecular flexibility index (Phi) is 6.64. The molecule has 44 heavy (non-hydrogen) atoms. The standard InChI is InChI=1S/C32H34N8O4/c1-19-12-20(6-9-26(19)43-22-7-8-25-23(13-22)35-18-38(25)5)36-29-28-24(33-17-34-29)14-27-30(37-28)39-10-11-40(21(15-39)16-42-27)31(41)44-32(2,3)4/h6-9,12-14,17-18,21H,10-11,15-16H2,1-5H3,(H,33,34,36)/t21-/m0/s1. The average molecular weight is 595 g/mol. The molecule has 0 spiro atoms. The van der Waals surface area contributed by atoms with E-state index in [1.54, 1.807) is 11.2 Å². The number of benzene rings is 2. The highest BCUT2D eigenvalue weighted by Crippen LogP contribution is 2.37. The van der Waals surface area contributed by atoms with E-state index < -0.39 is 5.60 Å². The number of nitrogens with zero attached hydrogens (tertiary/aromatic N) is 7. The minimum atomic E-state index is -0.565. The predicted molar refractivity (Wildman–Crippen MR) is 167 cm³/mol. The normalized spacial score (nSPS) is 16.3. The SMILES string of the molecule is Cc1cc(Nc2ncnc3cc4c(nc23)N2CCN(C(=O)OC(C)(C)C)[C@H](CO4)C2)ccc1Oc1ccc2c(c1)ncn2C. The molecule has 1 amide bonds. The van der Waals surface area contributed by atoms with E-state index in [4.69, 9.17) is 19.2 Å². The van der Waals surface area contributed by atoms with Crippen LogP contribution in [0.25, 0.3) is 22.1 Å². The van der Waals surface area contributed by atoms with Crippen LogP contribution in [0.15, 0.2) is 55.1 Å². The van der Waals surface area contributed by atoms with Crippen molar-refractivity contribution in [2.24, 2.45) is 7.05 Å². The van der Waals surface area contributed by atoms with Crippen LogP contribution in [0.4, 0.5) is 22.1 Å². The predicted octanol–water partition coefficient (Wildman–Crippen LogP) is 5.57. The summed E-state index contributed by atoms with van der Waals surface area (Å²) in [6.07, 6.45) is 2.98. The van der Waals surface area contributed by atoms with E-state index in [2.05, 4.69) is 25.2 Å². The number of piperazine rings is 1. The van der Waals surface area contributed by atoms with Gasteiger partial charge in [-0.05, 0) is 63.6 Å². The molecule has 1 atom stereocenters. The van der Waals surface area contributed by atoms with Crippen LogP contribution < -0.4 is 19.7 Å². The van der Waals surface area contributed by atoms with Gasteiger partial charge in [-0.25, -0.2) is 24.7 Å². The van der Waals surface area contributed by atoms with Gasteiger partial charge in [-0.3, -0.25) is 4.90 Å². The van der Waals surface area contributed by atoms with E-state index >= 15 is 0 Å². The first kappa shape index (κ1) is 27.7. The Morgan fingerprint density at radius 2 is 1.91 bits per heavy atom. The van der Waals surface area contributed by atoms with Crippen molar-refractivity contribution in [3.05, 3.63) is 60.7 Å². The number of carbonyl (C=O) groups is 1. The summed E-state index contributed by atoms with van der Waals surface area (Å²) in [5.41, 5.74) is 4.45. The maximum absolute atomic E-state index is 12.9. The van der Waals surface area contributed by atoms with Gasteiger partial charge in [0.1, 0.15) is 35.6 Å². The summed E-state index contributed by atoms with van der Waals surface area (Å²) < 4.78 is 20.0. The lowest BCUT2D eigenvalue weighted by Crippen LogP contribution is -2.57. The summed E-state index contributed by atoms with van der Waals surface area (Å²) in [4.78, 5) is 35.2. The van der Waals surface area contributed by atoms with E-state index in [1.807, 2.05) is 81.8 Å². The van der Waals surface area contributed by atoms with Gasteiger partial charge in [0.2, 0.25) is 0 Å². The monoisotopic (exact) mass is 594 g/mol. The fourth-order valence-electron chi connectivity index (χ4n) is 5.60. The Hall–Kier alpha value is -5.13. The van der Waals surface area contributed by atoms with Gasteiger partial charge in [-0.2, -0.15) is 0 Å². The Morgan fingerprint density at radius 1 is 1.05 bits per heavy atom. The summed E-state index contributed by atoms with van der Waals surface area (Å²) in [6, 6.07) is 13.5. The quantitative estimate of drug-likeness (QED) is 0.283. The van der Waals surface area contributed by atoms with Crippen LogP contribution in [-0.4, -0.2) is 73.4 Å². The summed E-state index contributed by atoms with van der Waals surface area (Å²) in [6.45, 7) is 9.67.